The Kier molecular flexibility index (Phi) is 7.57. The van der Waals surface area contributed by atoms with E-state index in [9.17, 15) is 24.8 Å². The van der Waals surface area contributed by atoms with Crippen LogP contribution >= 0.6 is 11.8 Å². The highest BCUT2D eigenvalue weighted by Crippen LogP contribution is 2.19. The highest BCUT2D eigenvalue weighted by molar-refractivity contribution is 7.99. The number of benzene rings is 2. The van der Waals surface area contributed by atoms with Crippen LogP contribution in [0.2, 0.25) is 0 Å². The number of aromatic nitrogens is 2. The molecule has 1 heterocycles. The third-order valence-corrected chi connectivity index (χ3v) is 5.60. The van der Waals surface area contributed by atoms with Gasteiger partial charge in [-0.25, -0.2) is 10.4 Å². The number of nitro groups is 1. The van der Waals surface area contributed by atoms with Crippen molar-refractivity contribution in [3.8, 4) is 5.75 Å². The molecule has 3 aromatic rings. The maximum Gasteiger partial charge on any atom is 0.271 e. The van der Waals surface area contributed by atoms with E-state index in [2.05, 4.69) is 20.5 Å². The predicted octanol–water partition coefficient (Wildman–Crippen LogP) is 3.18. The summed E-state index contributed by atoms with van der Waals surface area (Å²) in [5, 5.41) is 25.1. The van der Waals surface area contributed by atoms with E-state index < -0.39 is 10.8 Å². The number of H-pyrrole nitrogens is 1. The van der Waals surface area contributed by atoms with Gasteiger partial charge < -0.3 is 10.1 Å². The quantitative estimate of drug-likeness (QED) is 0.151. The number of nitro benzene ring substituents is 1. The number of aromatic hydroxyl groups is 1. The number of carbonyl (C=O) groups is 1. The van der Waals surface area contributed by atoms with Crippen molar-refractivity contribution in [3.63, 3.8) is 0 Å². The molecule has 10 nitrogen and oxygen atoms in total. The zero-order valence-corrected chi connectivity index (χ0v) is 18.7. The Morgan fingerprint density at radius 3 is 2.61 bits per heavy atom. The summed E-state index contributed by atoms with van der Waals surface area (Å²) in [5.41, 5.74) is 4.38. The number of nitrogens with one attached hydrogen (secondary N) is 2. The molecular formula is C22H21N5O5S. The van der Waals surface area contributed by atoms with Gasteiger partial charge in [0.05, 0.1) is 10.6 Å². The second-order valence-electron chi connectivity index (χ2n) is 6.93. The Labute approximate surface area is 192 Å². The van der Waals surface area contributed by atoms with Crippen molar-refractivity contribution in [1.29, 1.82) is 0 Å². The third kappa shape index (κ3) is 6.04. The summed E-state index contributed by atoms with van der Waals surface area (Å²) in [4.78, 5) is 42.5. The van der Waals surface area contributed by atoms with Crippen LogP contribution in [-0.4, -0.2) is 37.4 Å². The first kappa shape index (κ1) is 23.7. The summed E-state index contributed by atoms with van der Waals surface area (Å²) in [5.74, 6) is -0.322. The van der Waals surface area contributed by atoms with Crippen LogP contribution in [0.15, 0.2) is 63.6 Å². The van der Waals surface area contributed by atoms with Gasteiger partial charge in [-0.15, -0.1) is 0 Å². The number of aryl methyl sites for hydroxylation is 1. The van der Waals surface area contributed by atoms with Gasteiger partial charge in [0.25, 0.3) is 17.2 Å². The van der Waals surface area contributed by atoms with Crippen LogP contribution in [0.1, 0.15) is 34.1 Å². The standard InChI is InChI=1S/C22H21N5O5S/c1-3-18-13(2)23-22(24-21(18)30)33-12-19(15-5-4-6-16(11-15)27(31)32)25-26-20(29)14-7-9-17(28)10-8-14/h4-11,28H,3,12H2,1-2H3,(H,26,29)(H,23,24,30)/b25-19+. The number of thioether (sulfide) groups is 1. The topological polar surface area (TPSA) is 151 Å². The normalized spacial score (nSPS) is 11.3. The fourth-order valence-electron chi connectivity index (χ4n) is 2.98. The van der Waals surface area contributed by atoms with Crippen LogP contribution < -0.4 is 11.0 Å². The fourth-order valence-corrected chi connectivity index (χ4v) is 3.85. The van der Waals surface area contributed by atoms with Gasteiger partial charge in [0, 0.05) is 40.3 Å². The van der Waals surface area contributed by atoms with E-state index in [-0.39, 0.29) is 28.3 Å². The van der Waals surface area contributed by atoms with E-state index in [0.29, 0.717) is 34.1 Å². The van der Waals surface area contributed by atoms with E-state index in [4.69, 9.17) is 0 Å². The first-order valence-electron chi connectivity index (χ1n) is 9.91. The van der Waals surface area contributed by atoms with Gasteiger partial charge >= 0.3 is 0 Å². The first-order chi connectivity index (χ1) is 15.8. The minimum atomic E-state index is -0.519. The molecule has 0 unspecified atom stereocenters. The molecule has 0 aliphatic heterocycles. The molecule has 170 valence electrons. The fraction of sp³-hybridized carbons (Fsp3) is 0.182. The molecule has 33 heavy (non-hydrogen) atoms. The lowest BCUT2D eigenvalue weighted by molar-refractivity contribution is -0.384. The molecule has 0 radical (unpaired) electrons. The number of phenolic OH excluding ortho intramolecular Hbond substituents is 1. The van der Waals surface area contributed by atoms with Crippen LogP contribution in [0.25, 0.3) is 0 Å². The van der Waals surface area contributed by atoms with E-state index in [1.54, 1.807) is 13.0 Å². The van der Waals surface area contributed by atoms with Gasteiger partial charge in [-0.3, -0.25) is 19.7 Å². The molecule has 0 aliphatic carbocycles. The van der Waals surface area contributed by atoms with Gasteiger partial charge in [0.15, 0.2) is 5.16 Å². The van der Waals surface area contributed by atoms with E-state index >= 15 is 0 Å². The third-order valence-electron chi connectivity index (χ3n) is 4.71. The van der Waals surface area contributed by atoms with Crippen LogP contribution in [0, 0.1) is 17.0 Å². The highest BCUT2D eigenvalue weighted by atomic mass is 32.2. The number of rotatable bonds is 8. The summed E-state index contributed by atoms with van der Waals surface area (Å²) in [6, 6.07) is 11.5. The largest absolute Gasteiger partial charge is 0.508 e. The van der Waals surface area contributed by atoms with Gasteiger partial charge in [0.1, 0.15) is 5.75 Å². The number of carbonyl (C=O) groups excluding carboxylic acids is 1. The molecule has 0 spiro atoms. The lowest BCUT2D eigenvalue weighted by Gasteiger charge is -2.09. The predicted molar refractivity (Wildman–Crippen MR) is 125 cm³/mol. The molecular weight excluding hydrogens is 446 g/mol. The molecule has 1 aromatic heterocycles. The van der Waals surface area contributed by atoms with Gasteiger partial charge in [-0.1, -0.05) is 30.8 Å². The number of hydrazone groups is 1. The number of nitrogens with zero attached hydrogens (tertiary/aromatic N) is 3. The number of hydrogen-bond acceptors (Lipinski definition) is 8. The number of phenols is 1. The summed E-state index contributed by atoms with van der Waals surface area (Å²) in [7, 11) is 0. The Morgan fingerprint density at radius 1 is 1.24 bits per heavy atom. The van der Waals surface area contributed by atoms with Gasteiger partial charge in [-0.2, -0.15) is 5.10 Å². The molecule has 0 saturated heterocycles. The molecule has 0 aliphatic rings. The SMILES string of the molecule is CCc1c(C)nc(SC/C(=N\NC(=O)c2ccc(O)cc2)c2cccc([N+](=O)[O-])c2)[nH]c1=O. The van der Waals surface area contributed by atoms with E-state index in [1.165, 1.54) is 54.2 Å². The highest BCUT2D eigenvalue weighted by Gasteiger charge is 2.14. The summed E-state index contributed by atoms with van der Waals surface area (Å²) in [6.45, 7) is 3.63. The second-order valence-corrected chi connectivity index (χ2v) is 7.90. The zero-order valence-electron chi connectivity index (χ0n) is 17.9. The van der Waals surface area contributed by atoms with Crippen molar-refractivity contribution in [2.75, 3.05) is 5.75 Å². The molecule has 1 amide bonds. The zero-order chi connectivity index (χ0) is 24.0. The van der Waals surface area contributed by atoms with Crippen molar-refractivity contribution < 1.29 is 14.8 Å². The second kappa shape index (κ2) is 10.6. The monoisotopic (exact) mass is 467 g/mol. The van der Waals surface area contributed by atoms with Gasteiger partial charge in [0.2, 0.25) is 0 Å². The molecule has 2 aromatic carbocycles. The van der Waals surface area contributed by atoms with Crippen molar-refractivity contribution in [1.82, 2.24) is 15.4 Å². The molecule has 0 bridgehead atoms. The summed E-state index contributed by atoms with van der Waals surface area (Å²) >= 11 is 1.18. The minimum Gasteiger partial charge on any atom is -0.508 e. The Bertz CT molecular complexity index is 1270. The lowest BCUT2D eigenvalue weighted by Crippen LogP contribution is -2.21. The Hall–Kier alpha value is -3.99. The van der Waals surface area contributed by atoms with Crippen LogP contribution in [0.5, 0.6) is 5.75 Å². The smallest absolute Gasteiger partial charge is 0.271 e. The van der Waals surface area contributed by atoms with Crippen LogP contribution in [0.3, 0.4) is 0 Å². The number of hydrogen-bond donors (Lipinski definition) is 3. The molecule has 0 saturated carbocycles. The summed E-state index contributed by atoms with van der Waals surface area (Å²) < 4.78 is 0. The van der Waals surface area contributed by atoms with Crippen LogP contribution in [0.4, 0.5) is 5.69 Å². The molecule has 0 fully saturated rings. The van der Waals surface area contributed by atoms with Crippen molar-refractivity contribution >= 4 is 29.1 Å². The van der Waals surface area contributed by atoms with Crippen molar-refractivity contribution in [2.45, 2.75) is 25.4 Å². The Morgan fingerprint density at radius 2 is 1.97 bits per heavy atom. The lowest BCUT2D eigenvalue weighted by atomic mass is 10.1. The molecule has 3 N–H and O–H groups in total. The Balaban J connectivity index is 1.88. The maximum atomic E-state index is 12.4. The molecule has 11 heteroatoms. The van der Waals surface area contributed by atoms with Crippen molar-refractivity contribution in [2.24, 2.45) is 5.10 Å². The number of aromatic amines is 1. The van der Waals surface area contributed by atoms with E-state index in [1.807, 2.05) is 6.92 Å². The van der Waals surface area contributed by atoms with Crippen LogP contribution in [-0.2, 0) is 6.42 Å². The number of amides is 1. The number of non-ortho nitro benzene ring substituents is 1. The average molecular weight is 468 g/mol. The van der Waals surface area contributed by atoms with Crippen molar-refractivity contribution in [3.05, 3.63) is 91.4 Å². The molecule has 3 rings (SSSR count). The maximum absolute atomic E-state index is 12.4. The summed E-state index contributed by atoms with van der Waals surface area (Å²) in [6.07, 6.45) is 0.558. The average Bonchev–Trinajstić information content (AvgIpc) is 2.79. The van der Waals surface area contributed by atoms with E-state index in [0.717, 1.165) is 0 Å². The first-order valence-corrected chi connectivity index (χ1v) is 10.9. The van der Waals surface area contributed by atoms with Gasteiger partial charge in [-0.05, 0) is 37.6 Å². The minimum absolute atomic E-state index is 0.0228. The molecule has 0 atom stereocenters.